The van der Waals surface area contributed by atoms with Gasteiger partial charge in [-0.05, 0) is 21.9 Å². The molecule has 2 nitrogen and oxygen atoms in total. The van der Waals surface area contributed by atoms with E-state index in [1.807, 2.05) is 36.5 Å². The Labute approximate surface area is 125 Å². The van der Waals surface area contributed by atoms with Gasteiger partial charge in [-0.15, -0.1) is 0 Å². The molecule has 0 amide bonds. The quantitative estimate of drug-likeness (QED) is 0.511. The van der Waals surface area contributed by atoms with E-state index < -0.39 is 0 Å². The van der Waals surface area contributed by atoms with Crippen molar-refractivity contribution in [3.63, 3.8) is 0 Å². The highest BCUT2D eigenvalue weighted by atomic mass is 15.4. The van der Waals surface area contributed by atoms with Crippen molar-refractivity contribution in [2.75, 3.05) is 7.05 Å². The minimum Gasteiger partial charge on any atom is -0.296 e. The van der Waals surface area contributed by atoms with E-state index in [0.717, 1.165) is 12.1 Å². The number of benzene rings is 3. The number of fused-ring (bicyclic) bond motifs is 1. The SMILES string of the molecule is CN(Cc1cccc2ccccc12)/N=C\c1ccccc1. The fourth-order valence-corrected chi connectivity index (χ4v) is 2.42. The first-order chi connectivity index (χ1) is 10.3. The Morgan fingerprint density at radius 2 is 1.57 bits per heavy atom. The highest BCUT2D eigenvalue weighted by Gasteiger charge is 2.02. The molecule has 3 rings (SSSR count). The van der Waals surface area contributed by atoms with Crippen molar-refractivity contribution in [3.8, 4) is 0 Å². The van der Waals surface area contributed by atoms with Gasteiger partial charge in [-0.25, -0.2) is 0 Å². The van der Waals surface area contributed by atoms with Gasteiger partial charge in [0.25, 0.3) is 0 Å². The largest absolute Gasteiger partial charge is 0.296 e. The number of hydrogen-bond donors (Lipinski definition) is 0. The molecule has 0 saturated heterocycles. The topological polar surface area (TPSA) is 15.6 Å². The third kappa shape index (κ3) is 3.29. The molecule has 0 radical (unpaired) electrons. The van der Waals surface area contributed by atoms with Crippen LogP contribution in [0.25, 0.3) is 10.8 Å². The minimum absolute atomic E-state index is 0.796. The standard InChI is InChI=1S/C19H18N2/c1-21(20-14-16-8-3-2-4-9-16)15-18-12-7-11-17-10-5-6-13-19(17)18/h2-14H,15H2,1H3/b20-14-. The lowest BCUT2D eigenvalue weighted by Crippen LogP contribution is -2.11. The molecular formula is C19H18N2. The summed E-state index contributed by atoms with van der Waals surface area (Å²) in [6.07, 6.45) is 1.89. The Bertz CT molecular complexity index is 742. The van der Waals surface area contributed by atoms with Gasteiger partial charge in [0.1, 0.15) is 0 Å². The first kappa shape index (κ1) is 13.4. The highest BCUT2D eigenvalue weighted by molar-refractivity contribution is 5.85. The van der Waals surface area contributed by atoms with Crippen molar-refractivity contribution in [1.82, 2.24) is 5.01 Å². The smallest absolute Gasteiger partial charge is 0.0613 e. The fourth-order valence-electron chi connectivity index (χ4n) is 2.42. The van der Waals surface area contributed by atoms with Crippen LogP contribution >= 0.6 is 0 Å². The van der Waals surface area contributed by atoms with Crippen molar-refractivity contribution in [2.24, 2.45) is 5.10 Å². The van der Waals surface area contributed by atoms with E-state index in [9.17, 15) is 0 Å². The van der Waals surface area contributed by atoms with E-state index in [0.29, 0.717) is 0 Å². The summed E-state index contributed by atoms with van der Waals surface area (Å²) in [7, 11) is 2.00. The zero-order valence-corrected chi connectivity index (χ0v) is 12.1. The predicted molar refractivity (Wildman–Crippen MR) is 89.5 cm³/mol. The number of hydrazone groups is 1. The molecule has 0 spiro atoms. The maximum Gasteiger partial charge on any atom is 0.0613 e. The maximum atomic E-state index is 4.50. The van der Waals surface area contributed by atoms with Crippen molar-refractivity contribution in [3.05, 3.63) is 83.9 Å². The Hall–Kier alpha value is -2.61. The molecule has 0 N–H and O–H groups in total. The predicted octanol–water partition coefficient (Wildman–Crippen LogP) is 4.31. The Kier molecular flexibility index (Phi) is 3.97. The van der Waals surface area contributed by atoms with Crippen LogP contribution in [-0.2, 0) is 6.54 Å². The van der Waals surface area contributed by atoms with Gasteiger partial charge in [0.15, 0.2) is 0 Å². The lowest BCUT2D eigenvalue weighted by Gasteiger charge is -2.14. The fraction of sp³-hybridized carbons (Fsp3) is 0.105. The lowest BCUT2D eigenvalue weighted by atomic mass is 10.0. The third-order valence-corrected chi connectivity index (χ3v) is 3.48. The van der Waals surface area contributed by atoms with E-state index in [4.69, 9.17) is 0 Å². The van der Waals surface area contributed by atoms with Crippen LogP contribution in [0.5, 0.6) is 0 Å². The van der Waals surface area contributed by atoms with E-state index in [1.165, 1.54) is 16.3 Å². The lowest BCUT2D eigenvalue weighted by molar-refractivity contribution is 0.350. The molecule has 0 bridgehead atoms. The van der Waals surface area contributed by atoms with Crippen LogP contribution in [0.15, 0.2) is 77.9 Å². The van der Waals surface area contributed by atoms with E-state index in [-0.39, 0.29) is 0 Å². The van der Waals surface area contributed by atoms with Gasteiger partial charge in [-0.3, -0.25) is 5.01 Å². The second-order valence-corrected chi connectivity index (χ2v) is 5.11. The van der Waals surface area contributed by atoms with Gasteiger partial charge in [-0.1, -0.05) is 72.8 Å². The van der Waals surface area contributed by atoms with Crippen LogP contribution in [0.4, 0.5) is 0 Å². The summed E-state index contributed by atoms with van der Waals surface area (Å²) in [4.78, 5) is 0. The average molecular weight is 274 g/mol. The van der Waals surface area contributed by atoms with Gasteiger partial charge in [0.05, 0.1) is 12.8 Å². The zero-order chi connectivity index (χ0) is 14.5. The van der Waals surface area contributed by atoms with Crippen LogP contribution in [0.2, 0.25) is 0 Å². The molecule has 21 heavy (non-hydrogen) atoms. The van der Waals surface area contributed by atoms with Crippen LogP contribution in [0, 0.1) is 0 Å². The molecule has 0 heterocycles. The van der Waals surface area contributed by atoms with E-state index in [2.05, 4.69) is 59.7 Å². The Balaban J connectivity index is 1.77. The number of nitrogens with zero attached hydrogens (tertiary/aromatic N) is 2. The second-order valence-electron chi connectivity index (χ2n) is 5.11. The summed E-state index contributed by atoms with van der Waals surface area (Å²) in [5, 5.41) is 9.04. The van der Waals surface area contributed by atoms with Crippen LogP contribution in [-0.4, -0.2) is 18.3 Å². The first-order valence-corrected chi connectivity index (χ1v) is 7.10. The van der Waals surface area contributed by atoms with Crippen LogP contribution in [0.1, 0.15) is 11.1 Å². The van der Waals surface area contributed by atoms with Gasteiger partial charge in [-0.2, -0.15) is 5.10 Å². The molecule has 0 fully saturated rings. The van der Waals surface area contributed by atoms with Gasteiger partial charge < -0.3 is 0 Å². The summed E-state index contributed by atoms with van der Waals surface area (Å²) >= 11 is 0. The average Bonchev–Trinajstić information content (AvgIpc) is 2.54. The van der Waals surface area contributed by atoms with Crippen molar-refractivity contribution < 1.29 is 0 Å². The number of hydrogen-bond acceptors (Lipinski definition) is 2. The summed E-state index contributed by atoms with van der Waals surface area (Å²) in [6, 6.07) is 25.0. The molecule has 0 aliphatic rings. The first-order valence-electron chi connectivity index (χ1n) is 7.10. The van der Waals surface area contributed by atoms with Gasteiger partial charge in [0.2, 0.25) is 0 Å². The molecule has 0 unspecified atom stereocenters. The monoisotopic (exact) mass is 274 g/mol. The molecule has 3 aromatic carbocycles. The van der Waals surface area contributed by atoms with Crippen molar-refractivity contribution in [2.45, 2.75) is 6.54 Å². The third-order valence-electron chi connectivity index (χ3n) is 3.48. The maximum absolute atomic E-state index is 4.50. The van der Waals surface area contributed by atoms with Gasteiger partial charge in [0, 0.05) is 7.05 Å². The molecule has 0 atom stereocenters. The second kappa shape index (κ2) is 6.23. The molecule has 0 aromatic heterocycles. The van der Waals surface area contributed by atoms with E-state index >= 15 is 0 Å². The molecule has 2 heteroatoms. The molecule has 3 aromatic rings. The normalized spacial score (nSPS) is 11.1. The van der Waals surface area contributed by atoms with Gasteiger partial charge >= 0.3 is 0 Å². The zero-order valence-electron chi connectivity index (χ0n) is 12.1. The summed E-state index contributed by atoms with van der Waals surface area (Å²) < 4.78 is 0. The highest BCUT2D eigenvalue weighted by Crippen LogP contribution is 2.19. The molecule has 104 valence electrons. The summed E-state index contributed by atoms with van der Waals surface area (Å²) in [5.74, 6) is 0. The molecule has 0 saturated carbocycles. The Morgan fingerprint density at radius 3 is 2.43 bits per heavy atom. The molecule has 0 aliphatic carbocycles. The van der Waals surface area contributed by atoms with Crippen molar-refractivity contribution in [1.29, 1.82) is 0 Å². The molecular weight excluding hydrogens is 256 g/mol. The van der Waals surface area contributed by atoms with E-state index in [1.54, 1.807) is 0 Å². The minimum atomic E-state index is 0.796. The number of rotatable bonds is 4. The van der Waals surface area contributed by atoms with Crippen LogP contribution in [0.3, 0.4) is 0 Å². The van der Waals surface area contributed by atoms with Crippen LogP contribution < -0.4 is 0 Å². The Morgan fingerprint density at radius 1 is 0.857 bits per heavy atom. The molecule has 0 aliphatic heterocycles. The van der Waals surface area contributed by atoms with Crippen molar-refractivity contribution >= 4 is 17.0 Å². The summed E-state index contributed by atoms with van der Waals surface area (Å²) in [5.41, 5.74) is 2.41. The summed E-state index contributed by atoms with van der Waals surface area (Å²) in [6.45, 7) is 0.796.